The topological polar surface area (TPSA) is 118 Å². The van der Waals surface area contributed by atoms with Gasteiger partial charge in [-0.2, -0.15) is 5.10 Å². The van der Waals surface area contributed by atoms with E-state index in [2.05, 4.69) is 20.6 Å². The van der Waals surface area contributed by atoms with Crippen LogP contribution in [0.2, 0.25) is 0 Å². The molecule has 1 fully saturated rings. The molecule has 3 aromatic rings. The van der Waals surface area contributed by atoms with Gasteiger partial charge in [0.25, 0.3) is 11.8 Å². The van der Waals surface area contributed by atoms with E-state index in [1.165, 1.54) is 7.11 Å². The fourth-order valence-corrected chi connectivity index (χ4v) is 3.66. The summed E-state index contributed by atoms with van der Waals surface area (Å²) >= 11 is 0. The Hall–Kier alpha value is -3.56. The number of furan rings is 1. The van der Waals surface area contributed by atoms with Crippen LogP contribution < -0.4 is 10.1 Å². The molecule has 1 aliphatic rings. The predicted molar refractivity (Wildman–Crippen MR) is 106 cm³/mol. The Labute approximate surface area is 173 Å². The number of carbonyl (C=O) groups excluding carboxylic acids is 2. The maximum atomic E-state index is 12.8. The zero-order chi connectivity index (χ0) is 21.1. The number of hydrogen-bond donors (Lipinski definition) is 2. The third-order valence-corrected chi connectivity index (χ3v) is 5.27. The van der Waals surface area contributed by atoms with Crippen molar-refractivity contribution in [1.82, 2.24) is 30.2 Å². The summed E-state index contributed by atoms with van der Waals surface area (Å²) in [4.78, 5) is 26.9. The summed E-state index contributed by atoms with van der Waals surface area (Å²) in [5.74, 6) is 0.889. The lowest BCUT2D eigenvalue weighted by Crippen LogP contribution is -2.38. The van der Waals surface area contributed by atoms with Crippen molar-refractivity contribution in [3.63, 3.8) is 0 Å². The van der Waals surface area contributed by atoms with E-state index in [1.807, 2.05) is 4.90 Å². The van der Waals surface area contributed by atoms with Crippen LogP contribution in [0.25, 0.3) is 0 Å². The molecule has 2 N–H and O–H groups in total. The predicted octanol–water partition coefficient (Wildman–Crippen LogP) is 1.69. The van der Waals surface area contributed by atoms with Crippen molar-refractivity contribution in [2.45, 2.75) is 25.3 Å². The number of aromatic nitrogens is 4. The van der Waals surface area contributed by atoms with E-state index in [4.69, 9.17) is 9.15 Å². The molecule has 2 amide bonds. The fourth-order valence-electron chi connectivity index (χ4n) is 3.66. The Morgan fingerprint density at radius 1 is 1.37 bits per heavy atom. The first-order valence-corrected chi connectivity index (χ1v) is 9.78. The van der Waals surface area contributed by atoms with Gasteiger partial charge in [-0.25, -0.2) is 0 Å². The third-order valence-electron chi connectivity index (χ3n) is 5.27. The van der Waals surface area contributed by atoms with E-state index < -0.39 is 0 Å². The average molecular weight is 412 g/mol. The highest BCUT2D eigenvalue weighted by Gasteiger charge is 2.28. The number of ether oxygens (including phenoxy) is 1. The number of nitrogens with zero attached hydrogens (tertiary/aromatic N) is 4. The van der Waals surface area contributed by atoms with Crippen LogP contribution in [0.3, 0.4) is 0 Å². The summed E-state index contributed by atoms with van der Waals surface area (Å²) in [6, 6.07) is 5.35. The normalized spacial score (nSPS) is 14.7. The van der Waals surface area contributed by atoms with Crippen LogP contribution in [0.5, 0.6) is 5.88 Å². The molecule has 0 spiro atoms. The maximum Gasteiger partial charge on any atom is 0.272 e. The quantitative estimate of drug-likeness (QED) is 0.636. The van der Waals surface area contributed by atoms with Crippen LogP contribution in [-0.4, -0.2) is 56.9 Å². The zero-order valence-electron chi connectivity index (χ0n) is 16.9. The van der Waals surface area contributed by atoms with Gasteiger partial charge in [0.15, 0.2) is 0 Å². The Morgan fingerprint density at radius 3 is 2.87 bits per heavy atom. The van der Waals surface area contributed by atoms with Crippen LogP contribution >= 0.6 is 0 Å². The summed E-state index contributed by atoms with van der Waals surface area (Å²) in [6.45, 7) is 1.54. The number of hydrogen-bond acceptors (Lipinski definition) is 6. The first-order chi connectivity index (χ1) is 14.5. The van der Waals surface area contributed by atoms with Gasteiger partial charge in [0, 0.05) is 37.9 Å². The number of carbonyl (C=O) groups is 2. The fraction of sp³-hybridized carbons (Fsp3) is 0.400. The largest absolute Gasteiger partial charge is 0.479 e. The lowest BCUT2D eigenvalue weighted by atomic mass is 9.93. The van der Waals surface area contributed by atoms with Crippen molar-refractivity contribution in [2.75, 3.05) is 20.2 Å². The van der Waals surface area contributed by atoms with Crippen molar-refractivity contribution in [2.24, 2.45) is 7.05 Å². The molecular weight excluding hydrogens is 388 g/mol. The van der Waals surface area contributed by atoms with Gasteiger partial charge in [-0.15, -0.1) is 5.10 Å². The lowest BCUT2D eigenvalue weighted by molar-refractivity contribution is 0.0708. The van der Waals surface area contributed by atoms with Gasteiger partial charge in [-0.05, 0) is 31.0 Å². The molecule has 10 nitrogen and oxygen atoms in total. The van der Waals surface area contributed by atoms with E-state index in [0.29, 0.717) is 42.5 Å². The molecular formula is C20H24N6O4. The minimum Gasteiger partial charge on any atom is -0.479 e. The second-order valence-electron chi connectivity index (χ2n) is 7.26. The highest BCUT2D eigenvalue weighted by Crippen LogP contribution is 2.29. The van der Waals surface area contributed by atoms with Crippen LogP contribution in [0.15, 0.2) is 35.1 Å². The smallest absolute Gasteiger partial charge is 0.272 e. The van der Waals surface area contributed by atoms with Crippen molar-refractivity contribution in [3.8, 4) is 5.88 Å². The molecule has 30 heavy (non-hydrogen) atoms. The number of aryl methyl sites for hydroxylation is 1. The number of H-pyrrole nitrogens is 1. The molecule has 0 saturated carbocycles. The van der Waals surface area contributed by atoms with Gasteiger partial charge in [0.2, 0.25) is 5.88 Å². The second-order valence-corrected chi connectivity index (χ2v) is 7.26. The van der Waals surface area contributed by atoms with Crippen molar-refractivity contribution >= 4 is 11.8 Å². The Morgan fingerprint density at radius 2 is 2.17 bits per heavy atom. The molecule has 1 aliphatic heterocycles. The van der Waals surface area contributed by atoms with Crippen molar-refractivity contribution in [1.29, 1.82) is 0 Å². The molecule has 0 bridgehead atoms. The first kappa shape index (κ1) is 19.7. The number of methoxy groups -OCH3 is 1. The first-order valence-electron chi connectivity index (χ1n) is 9.78. The van der Waals surface area contributed by atoms with E-state index >= 15 is 0 Å². The molecule has 1 saturated heterocycles. The van der Waals surface area contributed by atoms with Gasteiger partial charge in [0.05, 0.1) is 19.9 Å². The maximum absolute atomic E-state index is 12.8. The molecule has 4 rings (SSSR count). The minimum absolute atomic E-state index is 0.0824. The van der Waals surface area contributed by atoms with Crippen LogP contribution in [0.4, 0.5) is 0 Å². The molecule has 0 aromatic carbocycles. The Balaban J connectivity index is 1.33. The van der Waals surface area contributed by atoms with Gasteiger partial charge in [-0.1, -0.05) is 0 Å². The molecule has 0 unspecified atom stereocenters. The molecule has 0 aliphatic carbocycles. The summed E-state index contributed by atoms with van der Waals surface area (Å²) in [5, 5.41) is 14.0. The molecule has 158 valence electrons. The monoisotopic (exact) mass is 412 g/mol. The second kappa shape index (κ2) is 8.44. The number of amides is 2. The average Bonchev–Trinajstić information content (AvgIpc) is 3.52. The summed E-state index contributed by atoms with van der Waals surface area (Å²) in [7, 11) is 3.26. The molecule has 10 heteroatoms. The minimum atomic E-state index is -0.259. The van der Waals surface area contributed by atoms with Crippen LogP contribution in [0.1, 0.15) is 51.1 Å². The SMILES string of the molecule is COc1nn(C)cc1C(=O)N1CCC(c2cc(C(=O)NCc3ccco3)n[nH]2)CC1. The summed E-state index contributed by atoms with van der Waals surface area (Å²) < 4.78 is 12.0. The summed E-state index contributed by atoms with van der Waals surface area (Å²) in [5.41, 5.74) is 1.72. The van der Waals surface area contributed by atoms with Gasteiger partial charge in [-0.3, -0.25) is 19.4 Å². The highest BCUT2D eigenvalue weighted by molar-refractivity contribution is 5.96. The van der Waals surface area contributed by atoms with Crippen LogP contribution in [0, 0.1) is 0 Å². The third kappa shape index (κ3) is 4.07. The number of likely N-dealkylation sites (tertiary alicyclic amines) is 1. The molecule has 0 radical (unpaired) electrons. The van der Waals surface area contributed by atoms with Gasteiger partial charge < -0.3 is 19.4 Å². The van der Waals surface area contributed by atoms with Gasteiger partial charge in [0.1, 0.15) is 17.0 Å². The van der Waals surface area contributed by atoms with Crippen LogP contribution in [-0.2, 0) is 13.6 Å². The van der Waals surface area contributed by atoms with E-state index in [1.54, 1.807) is 42.4 Å². The standard InChI is InChI=1S/C20H24N6O4/c1-25-12-15(19(24-25)29-2)20(28)26-7-5-13(6-8-26)16-10-17(23-22-16)18(27)21-11-14-4-3-9-30-14/h3-4,9-10,12-13H,5-8,11H2,1-2H3,(H,21,27)(H,22,23). The lowest BCUT2D eigenvalue weighted by Gasteiger charge is -2.31. The van der Waals surface area contributed by atoms with Crippen molar-refractivity contribution < 1.29 is 18.7 Å². The van der Waals surface area contributed by atoms with E-state index in [9.17, 15) is 9.59 Å². The number of aromatic amines is 1. The Bertz CT molecular complexity index is 1010. The number of rotatable bonds is 6. The zero-order valence-corrected chi connectivity index (χ0v) is 16.9. The van der Waals surface area contributed by atoms with Gasteiger partial charge >= 0.3 is 0 Å². The number of nitrogens with one attached hydrogen (secondary N) is 2. The summed E-state index contributed by atoms with van der Waals surface area (Å²) in [6.07, 6.45) is 4.80. The highest BCUT2D eigenvalue weighted by atomic mass is 16.5. The Kier molecular flexibility index (Phi) is 5.55. The molecule has 0 atom stereocenters. The number of piperidine rings is 1. The van der Waals surface area contributed by atoms with E-state index in [-0.39, 0.29) is 17.7 Å². The van der Waals surface area contributed by atoms with E-state index in [0.717, 1.165) is 18.5 Å². The molecule has 3 aromatic heterocycles. The molecule has 4 heterocycles. The van der Waals surface area contributed by atoms with Crippen molar-refractivity contribution in [3.05, 3.63) is 53.4 Å².